The highest BCUT2D eigenvalue weighted by atomic mass is 16.2. The molecule has 38 heavy (non-hydrogen) atoms. The minimum atomic E-state index is -0.156. The predicted molar refractivity (Wildman–Crippen MR) is 146 cm³/mol. The maximum atomic E-state index is 13.6. The molecule has 5 rings (SSSR count). The second kappa shape index (κ2) is 12.8. The van der Waals surface area contributed by atoms with Crippen molar-refractivity contribution in [3.63, 3.8) is 0 Å². The number of amides is 2. The average Bonchev–Trinajstić information content (AvgIpc) is 3.17. The number of carbonyl (C=O) groups is 2. The van der Waals surface area contributed by atoms with Gasteiger partial charge in [-0.25, -0.2) is 0 Å². The first-order valence-corrected chi connectivity index (χ1v) is 14.0. The number of aryl methyl sites for hydroxylation is 1. The molecule has 4 heterocycles. The van der Waals surface area contributed by atoms with Gasteiger partial charge in [-0.3, -0.25) is 14.6 Å². The van der Waals surface area contributed by atoms with Crippen LogP contribution >= 0.6 is 0 Å². The number of nitrogens with zero attached hydrogens (tertiary/aromatic N) is 5. The fraction of sp³-hybridized carbons (Fsp3) is 0.483. The van der Waals surface area contributed by atoms with Crippen LogP contribution in [-0.2, 0) is 26.1 Å². The lowest BCUT2D eigenvalue weighted by molar-refractivity contribution is 0.0948. The Labute approximate surface area is 224 Å². The van der Waals surface area contributed by atoms with Gasteiger partial charge in [-0.2, -0.15) is 0 Å². The number of hydrogen-bond acceptors (Lipinski definition) is 6. The van der Waals surface area contributed by atoms with Crippen molar-refractivity contribution in [2.75, 3.05) is 18.0 Å². The van der Waals surface area contributed by atoms with Crippen LogP contribution in [-0.4, -0.2) is 44.7 Å². The van der Waals surface area contributed by atoms with Gasteiger partial charge in [0, 0.05) is 55.3 Å². The van der Waals surface area contributed by atoms with Crippen molar-refractivity contribution in [1.29, 1.82) is 0 Å². The van der Waals surface area contributed by atoms with Crippen LogP contribution in [0.15, 0.2) is 42.7 Å². The van der Waals surface area contributed by atoms with Crippen LogP contribution in [0.5, 0.6) is 0 Å². The Kier molecular flexibility index (Phi) is 8.75. The minimum Gasteiger partial charge on any atom is -0.345 e. The summed E-state index contributed by atoms with van der Waals surface area (Å²) >= 11 is 0. The molecule has 2 aliphatic heterocycles. The van der Waals surface area contributed by atoms with E-state index in [4.69, 9.17) is 0 Å². The monoisotopic (exact) mass is 515 g/mol. The third kappa shape index (κ3) is 6.27. The summed E-state index contributed by atoms with van der Waals surface area (Å²) in [5, 5.41) is 15.2. The summed E-state index contributed by atoms with van der Waals surface area (Å²) in [4.78, 5) is 32.7. The quantitative estimate of drug-likeness (QED) is 0.544. The molecule has 0 atom stereocenters. The van der Waals surface area contributed by atoms with Gasteiger partial charge >= 0.3 is 0 Å². The van der Waals surface area contributed by atoms with Gasteiger partial charge in [-0.1, -0.05) is 25.7 Å². The summed E-state index contributed by atoms with van der Waals surface area (Å²) in [6.07, 6.45) is 13.2. The zero-order valence-corrected chi connectivity index (χ0v) is 22.0. The number of hydrogen-bond donors (Lipinski definition) is 2. The van der Waals surface area contributed by atoms with Crippen LogP contribution in [0.25, 0.3) is 0 Å². The van der Waals surface area contributed by atoms with Crippen molar-refractivity contribution in [3.05, 3.63) is 71.1 Å². The topological polar surface area (TPSA) is 105 Å². The molecule has 0 fully saturated rings. The molecule has 2 aromatic heterocycles. The molecular weight excluding hydrogens is 478 g/mol. The summed E-state index contributed by atoms with van der Waals surface area (Å²) < 4.78 is 2.15. The highest BCUT2D eigenvalue weighted by Gasteiger charge is 2.22. The van der Waals surface area contributed by atoms with Crippen molar-refractivity contribution in [1.82, 2.24) is 30.4 Å². The summed E-state index contributed by atoms with van der Waals surface area (Å²) in [6, 6.07) is 9.16. The van der Waals surface area contributed by atoms with Crippen molar-refractivity contribution in [3.8, 4) is 0 Å². The highest BCUT2D eigenvalue weighted by molar-refractivity contribution is 6.06. The number of rotatable bonds is 4. The fourth-order valence-corrected chi connectivity index (χ4v) is 5.32. The summed E-state index contributed by atoms with van der Waals surface area (Å²) in [6.45, 7) is 3.38. The summed E-state index contributed by atoms with van der Waals surface area (Å²) in [5.74, 6) is 1.61. The Morgan fingerprint density at radius 1 is 0.868 bits per heavy atom. The van der Waals surface area contributed by atoms with E-state index in [0.717, 1.165) is 74.5 Å². The molecule has 0 unspecified atom stereocenters. The predicted octanol–water partition coefficient (Wildman–Crippen LogP) is 4.03. The molecule has 2 aliphatic rings. The van der Waals surface area contributed by atoms with Crippen molar-refractivity contribution < 1.29 is 9.59 Å². The van der Waals surface area contributed by atoms with E-state index in [1.54, 1.807) is 24.5 Å². The Morgan fingerprint density at radius 3 is 2.55 bits per heavy atom. The van der Waals surface area contributed by atoms with Crippen LogP contribution in [0.4, 0.5) is 5.69 Å². The first-order chi connectivity index (χ1) is 18.7. The molecule has 0 spiro atoms. The minimum absolute atomic E-state index is 0.0459. The molecule has 0 bridgehead atoms. The van der Waals surface area contributed by atoms with E-state index in [9.17, 15) is 9.59 Å². The zero-order chi connectivity index (χ0) is 26.2. The van der Waals surface area contributed by atoms with Gasteiger partial charge in [0.1, 0.15) is 5.82 Å². The van der Waals surface area contributed by atoms with E-state index in [0.29, 0.717) is 30.8 Å². The summed E-state index contributed by atoms with van der Waals surface area (Å²) in [5.41, 5.74) is 2.97. The van der Waals surface area contributed by atoms with Crippen molar-refractivity contribution >= 4 is 17.5 Å². The normalized spacial score (nSPS) is 16.8. The average molecular weight is 516 g/mol. The zero-order valence-electron chi connectivity index (χ0n) is 22.0. The van der Waals surface area contributed by atoms with E-state index in [-0.39, 0.29) is 11.8 Å². The molecule has 0 saturated carbocycles. The largest absolute Gasteiger partial charge is 0.345 e. The first kappa shape index (κ1) is 26.0. The number of fused-ring (bicyclic) bond motifs is 2. The molecule has 200 valence electrons. The van der Waals surface area contributed by atoms with E-state index in [2.05, 4.69) is 30.4 Å². The molecule has 1 aromatic carbocycles. The number of carbonyl (C=O) groups excluding carboxylic acids is 2. The molecule has 2 N–H and O–H groups in total. The van der Waals surface area contributed by atoms with Crippen molar-refractivity contribution in [2.24, 2.45) is 0 Å². The van der Waals surface area contributed by atoms with Gasteiger partial charge in [-0.15, -0.1) is 10.2 Å². The molecule has 2 amide bonds. The molecule has 0 radical (unpaired) electrons. The van der Waals surface area contributed by atoms with Crippen LogP contribution in [0, 0.1) is 0 Å². The molecule has 3 aromatic rings. The number of nitrogens with one attached hydrogen (secondary N) is 2. The lowest BCUT2D eigenvalue weighted by Crippen LogP contribution is -2.34. The van der Waals surface area contributed by atoms with Crippen molar-refractivity contribution in [2.45, 2.75) is 77.4 Å². The highest BCUT2D eigenvalue weighted by Crippen LogP contribution is 2.26. The Bertz CT molecular complexity index is 1240. The van der Waals surface area contributed by atoms with Gasteiger partial charge in [0.15, 0.2) is 5.82 Å². The lowest BCUT2D eigenvalue weighted by Gasteiger charge is -2.27. The molecular formula is C29H37N7O2. The van der Waals surface area contributed by atoms with E-state index in [1.165, 1.54) is 19.3 Å². The van der Waals surface area contributed by atoms with Gasteiger partial charge in [0.25, 0.3) is 11.8 Å². The Balaban J connectivity index is 1.37. The third-order valence-electron chi connectivity index (χ3n) is 7.45. The van der Waals surface area contributed by atoms with Gasteiger partial charge in [0.05, 0.1) is 6.54 Å². The first-order valence-electron chi connectivity index (χ1n) is 14.0. The molecule has 9 nitrogen and oxygen atoms in total. The number of pyridine rings is 1. The number of anilines is 1. The van der Waals surface area contributed by atoms with Gasteiger partial charge < -0.3 is 20.1 Å². The van der Waals surface area contributed by atoms with Crippen LogP contribution in [0.3, 0.4) is 0 Å². The number of aromatic nitrogens is 4. The second-order valence-corrected chi connectivity index (χ2v) is 10.2. The smallest absolute Gasteiger partial charge is 0.258 e. The van der Waals surface area contributed by atoms with Crippen LogP contribution < -0.4 is 15.5 Å². The maximum Gasteiger partial charge on any atom is 0.258 e. The van der Waals surface area contributed by atoms with E-state index < -0.39 is 0 Å². The molecule has 9 heteroatoms. The Morgan fingerprint density at radius 2 is 1.66 bits per heavy atom. The van der Waals surface area contributed by atoms with E-state index in [1.807, 2.05) is 23.1 Å². The van der Waals surface area contributed by atoms with Crippen LogP contribution in [0.1, 0.15) is 89.3 Å². The SMILES string of the molecule is O=C(NCc1nnc2n1CCCCC2)c1ccc2c(c1)CNCCCCCCCN2C(=O)c1ccncc1. The van der Waals surface area contributed by atoms with Crippen LogP contribution in [0.2, 0.25) is 0 Å². The molecule has 0 saturated heterocycles. The Hall–Kier alpha value is -3.59. The fourth-order valence-electron chi connectivity index (χ4n) is 5.32. The standard InChI is InChI=1S/C29H37N7O2/c37-28(32-21-27-34-33-26-9-5-4-8-18-36(26)27)23-10-11-25-24(19-23)20-31-14-6-2-1-3-7-17-35(25)29(38)22-12-15-30-16-13-22/h10-13,15-16,19,31H,1-9,14,17-18,20-21H2,(H,32,37). The molecule has 0 aliphatic carbocycles. The van der Waals surface area contributed by atoms with Gasteiger partial charge in [0.2, 0.25) is 0 Å². The lowest BCUT2D eigenvalue weighted by atomic mass is 10.0. The second-order valence-electron chi connectivity index (χ2n) is 10.2. The van der Waals surface area contributed by atoms with E-state index >= 15 is 0 Å². The number of benzene rings is 1. The summed E-state index contributed by atoms with van der Waals surface area (Å²) in [7, 11) is 0. The maximum absolute atomic E-state index is 13.6. The van der Waals surface area contributed by atoms with Gasteiger partial charge in [-0.05, 0) is 68.1 Å². The third-order valence-corrected chi connectivity index (χ3v) is 7.45.